The second-order valence-electron chi connectivity index (χ2n) is 23.2. The average Bonchev–Trinajstić information content (AvgIpc) is 1.40. The summed E-state index contributed by atoms with van der Waals surface area (Å²) in [5.41, 5.74) is 13.7. The first-order chi connectivity index (χ1) is 52.7. The number of hydrogen-bond acceptors (Lipinski definition) is 3. The normalized spacial score (nSPS) is 15.0. The highest BCUT2D eigenvalue weighted by Gasteiger charge is 2.45. The molecule has 2 aliphatic heterocycles. The molecule has 15 aromatic rings. The standard InChI is InChI=1S/C87H54BN5/c1-90-87-74(59-31-13-5-14-32-59)52-65(53-75(87)60-33-15-6-16-34-60)92-81-47-61(85-70-39-19-17-35-66(70)67-36-18-20-40-71(67)85)43-45-77(81)88-78-46-44-63(91-79-41-23-21-37-68(79)69-38-22-24-42-80(69)91)54-82(78)93(84-49-62(48-83(92)86(84)88)56-25-7-2-8-26-56)64-50-72(57-27-9-3-10-28-57)76(55-89)73(51-64)58-29-11-4-12-30-58/h2-54,85H/i17D,18D,19D,20D,21D,22D,23D,24D,35D,36D,37D,38D,39D,40D,41D,42D. The van der Waals surface area contributed by atoms with Gasteiger partial charge in [-0.3, -0.25) is 0 Å². The molecule has 0 atom stereocenters. The van der Waals surface area contributed by atoms with Crippen LogP contribution < -0.4 is 26.2 Å². The van der Waals surface area contributed by atoms with Gasteiger partial charge in [0.05, 0.1) is 45.1 Å². The number of hydrogen-bond donors (Lipinski definition) is 0. The van der Waals surface area contributed by atoms with E-state index in [-0.39, 0.29) is 49.7 Å². The third-order valence-corrected chi connectivity index (χ3v) is 18.4. The largest absolute Gasteiger partial charge is 0.311 e. The van der Waals surface area contributed by atoms with Gasteiger partial charge in [0.1, 0.15) is 6.07 Å². The molecular weight excluding hydrogens is 1130 g/mol. The zero-order valence-electron chi connectivity index (χ0n) is 65.3. The van der Waals surface area contributed by atoms with Crippen LogP contribution in [0.1, 0.15) is 50.1 Å². The fourth-order valence-corrected chi connectivity index (χ4v) is 14.4. The minimum absolute atomic E-state index is 0.0371. The number of benzene rings is 14. The van der Waals surface area contributed by atoms with Gasteiger partial charge in [-0.2, -0.15) is 5.26 Å². The van der Waals surface area contributed by atoms with Crippen LogP contribution in [0, 0.1) is 17.9 Å². The molecule has 0 amide bonds. The first-order valence-corrected chi connectivity index (χ1v) is 30.4. The van der Waals surface area contributed by atoms with Crippen molar-refractivity contribution in [2.75, 3.05) is 9.80 Å². The Labute approximate surface area is 563 Å². The van der Waals surface area contributed by atoms with E-state index in [1.807, 2.05) is 206 Å². The van der Waals surface area contributed by atoms with Gasteiger partial charge in [0.15, 0.2) is 0 Å². The van der Waals surface area contributed by atoms with Crippen LogP contribution in [0.15, 0.2) is 321 Å². The maximum atomic E-state index is 11.6. The van der Waals surface area contributed by atoms with E-state index in [0.29, 0.717) is 89.7 Å². The van der Waals surface area contributed by atoms with Crippen molar-refractivity contribution in [3.63, 3.8) is 0 Å². The molecule has 0 saturated heterocycles. The quantitative estimate of drug-likeness (QED) is 0.107. The van der Waals surface area contributed by atoms with Crippen LogP contribution in [-0.4, -0.2) is 11.3 Å². The fraction of sp³-hybridized carbons (Fsp3) is 0.0115. The number of para-hydroxylation sites is 2. The summed E-state index contributed by atoms with van der Waals surface area (Å²) >= 11 is 0. The molecule has 5 nitrogen and oxygen atoms in total. The molecule has 14 aromatic carbocycles. The van der Waals surface area contributed by atoms with Crippen molar-refractivity contribution in [2.45, 2.75) is 5.92 Å². The average molecular weight is 1200 g/mol. The van der Waals surface area contributed by atoms with Crippen LogP contribution in [0.5, 0.6) is 0 Å². The molecule has 430 valence electrons. The minimum Gasteiger partial charge on any atom is -0.311 e. The van der Waals surface area contributed by atoms with Gasteiger partial charge in [-0.25, -0.2) is 4.85 Å². The topological polar surface area (TPSA) is 39.6 Å². The molecule has 6 heteroatoms. The van der Waals surface area contributed by atoms with Crippen molar-refractivity contribution in [1.29, 1.82) is 5.26 Å². The third-order valence-electron chi connectivity index (χ3n) is 18.4. The number of aromatic nitrogens is 1. The van der Waals surface area contributed by atoms with Crippen molar-refractivity contribution in [1.82, 2.24) is 4.57 Å². The molecule has 0 spiro atoms. The predicted molar refractivity (Wildman–Crippen MR) is 386 cm³/mol. The second kappa shape index (κ2) is 21.6. The van der Waals surface area contributed by atoms with Gasteiger partial charge in [-0.1, -0.05) is 254 Å². The van der Waals surface area contributed by atoms with E-state index in [2.05, 4.69) is 32.8 Å². The summed E-state index contributed by atoms with van der Waals surface area (Å²) in [5.74, 6) is -1.21. The van der Waals surface area contributed by atoms with Crippen LogP contribution in [0.25, 0.3) is 99.1 Å². The van der Waals surface area contributed by atoms with E-state index in [9.17, 15) is 19.0 Å². The van der Waals surface area contributed by atoms with Crippen LogP contribution in [0.2, 0.25) is 0 Å². The molecule has 0 fully saturated rings. The second-order valence-corrected chi connectivity index (χ2v) is 23.2. The van der Waals surface area contributed by atoms with Crippen LogP contribution in [0.4, 0.5) is 39.8 Å². The Kier molecular flexibility index (Phi) is 9.20. The molecule has 0 radical (unpaired) electrons. The van der Waals surface area contributed by atoms with Gasteiger partial charge in [0.25, 0.3) is 6.71 Å². The van der Waals surface area contributed by atoms with Crippen LogP contribution in [-0.2, 0) is 0 Å². The molecule has 3 heterocycles. The zero-order chi connectivity index (χ0) is 75.6. The number of anilines is 6. The fourth-order valence-electron chi connectivity index (χ4n) is 14.4. The molecular formula is C87H54BN5. The zero-order valence-corrected chi connectivity index (χ0v) is 49.3. The Morgan fingerprint density at radius 2 is 0.806 bits per heavy atom. The Balaban J connectivity index is 1.03. The monoisotopic (exact) mass is 1200 g/mol. The number of nitrogens with zero attached hydrogens (tertiary/aromatic N) is 5. The Morgan fingerprint density at radius 1 is 0.387 bits per heavy atom. The number of rotatable bonds is 9. The van der Waals surface area contributed by atoms with Crippen molar-refractivity contribution < 1.29 is 21.9 Å². The van der Waals surface area contributed by atoms with E-state index >= 15 is 0 Å². The van der Waals surface area contributed by atoms with Gasteiger partial charge in [0.2, 0.25) is 5.69 Å². The highest BCUT2D eigenvalue weighted by molar-refractivity contribution is 7.00. The summed E-state index contributed by atoms with van der Waals surface area (Å²) in [4.78, 5) is 8.57. The van der Waals surface area contributed by atoms with Crippen molar-refractivity contribution in [3.05, 3.63) is 355 Å². The van der Waals surface area contributed by atoms with E-state index in [1.165, 1.54) is 4.57 Å². The Morgan fingerprint density at radius 3 is 1.29 bits per heavy atom. The number of nitriles is 1. The lowest BCUT2D eigenvalue weighted by Crippen LogP contribution is -2.61. The minimum atomic E-state index is -1.21. The summed E-state index contributed by atoms with van der Waals surface area (Å²) in [6.07, 6.45) is 0. The van der Waals surface area contributed by atoms with Crippen LogP contribution >= 0.6 is 0 Å². The maximum Gasteiger partial charge on any atom is 0.252 e. The van der Waals surface area contributed by atoms with Gasteiger partial charge < -0.3 is 14.4 Å². The summed E-state index contributed by atoms with van der Waals surface area (Å²) in [6.45, 7) is 8.21. The van der Waals surface area contributed by atoms with E-state index < -0.39 is 109 Å². The smallest absolute Gasteiger partial charge is 0.252 e. The van der Waals surface area contributed by atoms with Gasteiger partial charge in [-0.05, 0) is 155 Å². The van der Waals surface area contributed by atoms with Crippen LogP contribution in [0.3, 0.4) is 0 Å². The lowest BCUT2D eigenvalue weighted by molar-refractivity contribution is 1.01. The molecule has 93 heavy (non-hydrogen) atoms. The molecule has 0 N–H and O–H groups in total. The molecule has 1 aromatic heterocycles. The van der Waals surface area contributed by atoms with E-state index in [0.717, 1.165) is 33.3 Å². The molecule has 0 bridgehead atoms. The molecule has 3 aliphatic rings. The van der Waals surface area contributed by atoms with Gasteiger partial charge >= 0.3 is 0 Å². The lowest BCUT2D eigenvalue weighted by atomic mass is 9.33. The molecule has 1 aliphatic carbocycles. The summed E-state index contributed by atoms with van der Waals surface area (Å²) in [6, 6.07) is 66.1. The molecule has 0 saturated carbocycles. The molecule has 18 rings (SSSR count). The predicted octanol–water partition coefficient (Wildman–Crippen LogP) is 20.8. The SMILES string of the molecule is [2H]c1c([2H])c([2H])c2c(c1[2H])-c1c([2H])c([2H])c([2H])c([2H])c1C2c1ccc2c(c1)N(c1cc(-c3ccccc3)c([N+]#[C-])c(-c3ccccc3)c1)c1cc(-c3ccccc3)cc3c1B2c1ccc(-n2c4c([2H])c([2H])c([2H])c([2H])c4c4c([2H])c([2H])c([2H])c([2H])c42)cc1N3c1cc(-c2ccccc2)c(C#N)c(-c2ccccc2)c1. The van der Waals surface area contributed by atoms with Gasteiger partial charge in [-0.15, -0.1) is 0 Å². The summed E-state index contributed by atoms with van der Waals surface area (Å²) < 4.78 is 151. The Bertz CT molecular complexity index is 6340. The van der Waals surface area contributed by atoms with E-state index in [1.54, 1.807) is 6.07 Å². The molecule has 0 unspecified atom stereocenters. The lowest BCUT2D eigenvalue weighted by Gasteiger charge is -2.45. The third kappa shape index (κ3) is 8.47. The highest BCUT2D eigenvalue weighted by atomic mass is 15.2. The van der Waals surface area contributed by atoms with Crippen molar-refractivity contribution in [2.24, 2.45) is 0 Å². The van der Waals surface area contributed by atoms with Crippen molar-refractivity contribution >= 4 is 84.7 Å². The highest BCUT2D eigenvalue weighted by Crippen LogP contribution is 2.54. The van der Waals surface area contributed by atoms with E-state index in [4.69, 9.17) is 14.8 Å². The summed E-state index contributed by atoms with van der Waals surface area (Å²) in [7, 11) is 0. The maximum absolute atomic E-state index is 11.6. The van der Waals surface area contributed by atoms with Crippen molar-refractivity contribution in [3.8, 4) is 78.5 Å². The van der Waals surface area contributed by atoms with Gasteiger partial charge in [0, 0.05) is 67.6 Å². The first-order valence-electron chi connectivity index (χ1n) is 38.4. The summed E-state index contributed by atoms with van der Waals surface area (Å²) in [5, 5.41) is 11.3. The number of fused-ring (bicyclic) bond motifs is 10. The Hall–Kier alpha value is -12.5. The first kappa shape index (κ1) is 39.5.